The molecule has 0 unspecified atom stereocenters. The van der Waals surface area contributed by atoms with Crippen molar-refractivity contribution in [3.8, 4) is 0 Å². The van der Waals surface area contributed by atoms with Crippen LogP contribution in [-0.4, -0.2) is 74.4 Å². The molecule has 18 nitrogen and oxygen atoms in total. The molecule has 1 saturated heterocycles. The fourth-order valence-corrected chi connectivity index (χ4v) is 6.91. The van der Waals surface area contributed by atoms with Gasteiger partial charge in [-0.15, -0.1) is 5.06 Å². The molecule has 0 radical (unpaired) electrons. The number of aromatic nitrogens is 1. The zero-order valence-electron chi connectivity index (χ0n) is 29.7. The lowest BCUT2D eigenvalue weighted by Gasteiger charge is -2.28. The van der Waals surface area contributed by atoms with Gasteiger partial charge in [0.1, 0.15) is 5.84 Å². The smallest absolute Gasteiger partial charge is 0.330 e. The summed E-state index contributed by atoms with van der Waals surface area (Å²) in [7, 11) is -4.22. The molecule has 1 fully saturated rings. The summed E-state index contributed by atoms with van der Waals surface area (Å²) in [6.07, 6.45) is 11.0. The minimum Gasteiger partial charge on any atom is -0.330 e. The second kappa shape index (κ2) is 14.9. The second-order valence-electron chi connectivity index (χ2n) is 14.0. The lowest BCUT2D eigenvalue weighted by molar-refractivity contribution is -0.686. The molecule has 0 aliphatic carbocycles. The molecule has 0 bridgehead atoms. The number of nitrogens with zero attached hydrogens (tertiary/aromatic N) is 7. The van der Waals surface area contributed by atoms with Crippen LogP contribution in [0.3, 0.4) is 0 Å². The summed E-state index contributed by atoms with van der Waals surface area (Å²) in [5, 5.41) is 24.1. The Balaban J connectivity index is 1.31. The Morgan fingerprint density at radius 1 is 1.04 bits per heavy atom. The molecule has 53 heavy (non-hydrogen) atoms. The molecule has 5 heterocycles. The number of unbranched alkanes of at least 4 members (excludes halogenated alkanes) is 2. The van der Waals surface area contributed by atoms with Crippen molar-refractivity contribution in [2.75, 3.05) is 12.3 Å². The van der Waals surface area contributed by atoms with Crippen LogP contribution in [0.5, 0.6) is 0 Å². The van der Waals surface area contributed by atoms with Gasteiger partial charge < -0.3 is 9.74 Å². The lowest BCUT2D eigenvalue weighted by Crippen LogP contribution is -2.36. The third-order valence-corrected chi connectivity index (χ3v) is 10.3. The fraction of sp³-hybridized carbons (Fsp3) is 0.471. The highest BCUT2D eigenvalue weighted by Crippen LogP contribution is 2.45. The largest absolute Gasteiger partial charge is 0.333 e. The van der Waals surface area contributed by atoms with E-state index in [-0.39, 0.29) is 43.6 Å². The Kier molecular flexibility index (Phi) is 10.9. The number of aliphatic imine (C=N–C) groups is 2. The molecule has 0 spiro atoms. The van der Waals surface area contributed by atoms with Gasteiger partial charge >= 0.3 is 17.5 Å². The first kappa shape index (κ1) is 38.8. The van der Waals surface area contributed by atoms with Crippen molar-refractivity contribution in [2.24, 2.45) is 15.4 Å². The number of carbonyl (C=O) groups is 3. The molecule has 1 aromatic heterocycles. The monoisotopic (exact) mass is 754 g/mol. The average molecular weight is 755 g/mol. The quantitative estimate of drug-likeness (QED) is 0.0670. The van der Waals surface area contributed by atoms with Gasteiger partial charge in [0, 0.05) is 55.4 Å². The first-order valence-corrected chi connectivity index (χ1v) is 18.6. The van der Waals surface area contributed by atoms with Crippen molar-refractivity contribution >= 4 is 51.0 Å². The minimum absolute atomic E-state index is 0.00843. The van der Waals surface area contributed by atoms with Crippen LogP contribution in [0.4, 0.5) is 11.5 Å². The number of rotatable bonds is 15. The molecule has 5 rings (SSSR count). The van der Waals surface area contributed by atoms with Crippen LogP contribution < -0.4 is 4.57 Å². The number of hydrogen-bond donors (Lipinski definition) is 1. The maximum absolute atomic E-state index is 12.2. The van der Waals surface area contributed by atoms with Crippen molar-refractivity contribution in [1.29, 1.82) is 0 Å². The van der Waals surface area contributed by atoms with E-state index in [1.165, 1.54) is 29.1 Å². The number of aryl methyl sites for hydroxylation is 1. The van der Waals surface area contributed by atoms with E-state index in [2.05, 4.69) is 0 Å². The normalized spacial score (nSPS) is 19.6. The molecule has 282 valence electrons. The summed E-state index contributed by atoms with van der Waals surface area (Å²) < 4.78 is 33.2. The maximum Gasteiger partial charge on any atom is 0.333 e. The second-order valence-corrected chi connectivity index (χ2v) is 15.6. The standard InChI is InChI=1S/C34H39N7O11S/c1-33(2)24-18-22(40(45)46)20-37(15-7-5-6-12-30(44)52-39-28(42)13-14-29(39)43)31(24)35-26(33)10-8-11-27-34(3,4)25-19-23(41(47)48)21-38(32(25)36-27)16-9-17-53(49,50)51/h8,10-11,18-21H,5-7,9,12-17H2,1-4H3/p+1. The van der Waals surface area contributed by atoms with E-state index in [0.29, 0.717) is 65.1 Å². The van der Waals surface area contributed by atoms with Gasteiger partial charge in [0.25, 0.3) is 27.6 Å². The Morgan fingerprint density at radius 3 is 2.38 bits per heavy atom. The summed E-state index contributed by atoms with van der Waals surface area (Å²) in [5.74, 6) is -1.32. The first-order chi connectivity index (χ1) is 24.8. The Bertz CT molecular complexity index is 2060. The van der Waals surface area contributed by atoms with Crippen molar-refractivity contribution in [3.63, 3.8) is 0 Å². The number of fused-ring (bicyclic) bond motifs is 2. The number of hydroxylamine groups is 2. The van der Waals surface area contributed by atoms with Crippen LogP contribution in [0.2, 0.25) is 0 Å². The molecule has 4 aliphatic heterocycles. The first-order valence-electron chi connectivity index (χ1n) is 17.0. The average Bonchev–Trinajstić information content (AvgIpc) is 3.62. The van der Waals surface area contributed by atoms with Gasteiger partial charge in [0.15, 0.2) is 11.9 Å². The van der Waals surface area contributed by atoms with Gasteiger partial charge in [-0.3, -0.25) is 34.4 Å². The molecule has 0 aromatic carbocycles. The number of hydrogen-bond acceptors (Lipinski definition) is 13. The highest BCUT2D eigenvalue weighted by molar-refractivity contribution is 7.85. The van der Waals surface area contributed by atoms with E-state index in [0.717, 1.165) is 0 Å². The summed E-state index contributed by atoms with van der Waals surface area (Å²) in [6.45, 7) is 7.96. The van der Waals surface area contributed by atoms with Crippen LogP contribution >= 0.6 is 0 Å². The number of pyridine rings is 1. The van der Waals surface area contributed by atoms with Crippen molar-refractivity contribution in [2.45, 2.75) is 84.6 Å². The van der Waals surface area contributed by atoms with Gasteiger partial charge in [-0.05, 0) is 43.8 Å². The number of carbonyl (C=O) groups excluding carboxylic acids is 3. The highest BCUT2D eigenvalue weighted by Gasteiger charge is 2.45. The van der Waals surface area contributed by atoms with E-state index in [1.54, 1.807) is 23.1 Å². The van der Waals surface area contributed by atoms with E-state index in [4.69, 9.17) is 19.4 Å². The number of nitro groups is 2. The minimum atomic E-state index is -4.22. The van der Waals surface area contributed by atoms with E-state index >= 15 is 0 Å². The fourth-order valence-electron chi connectivity index (χ4n) is 6.42. The Labute approximate surface area is 304 Å². The van der Waals surface area contributed by atoms with Gasteiger partial charge in [-0.25, -0.2) is 14.4 Å². The maximum atomic E-state index is 12.2. The van der Waals surface area contributed by atoms with Crippen molar-refractivity contribution in [3.05, 3.63) is 85.5 Å². The van der Waals surface area contributed by atoms with E-state index in [1.807, 2.05) is 27.7 Å². The summed E-state index contributed by atoms with van der Waals surface area (Å²) in [6, 6.07) is 1.44. The molecule has 4 aliphatic rings. The van der Waals surface area contributed by atoms with Crippen LogP contribution in [0.15, 0.2) is 69.7 Å². The van der Waals surface area contributed by atoms with E-state index < -0.39 is 54.3 Å². The van der Waals surface area contributed by atoms with Gasteiger partial charge in [-0.1, -0.05) is 26.3 Å². The number of allylic oxidation sites excluding steroid dienone is 5. The predicted octanol–water partition coefficient (Wildman–Crippen LogP) is 3.93. The Hall–Kier alpha value is -5.43. The molecular formula is C34H40N7O11S+. The molecule has 0 atom stereocenters. The number of amides is 2. The topological polar surface area (TPSA) is 236 Å². The van der Waals surface area contributed by atoms with Crippen LogP contribution in [-0.2, 0) is 41.3 Å². The van der Waals surface area contributed by atoms with Crippen LogP contribution in [0, 0.1) is 25.6 Å². The van der Waals surface area contributed by atoms with E-state index in [9.17, 15) is 43.0 Å². The molecule has 1 N–H and O–H groups in total. The summed E-state index contributed by atoms with van der Waals surface area (Å²) in [5.41, 5.74) is 0.639. The zero-order valence-corrected chi connectivity index (χ0v) is 30.5. The highest BCUT2D eigenvalue weighted by atomic mass is 32.2. The molecule has 1 aromatic rings. The third kappa shape index (κ3) is 8.46. The SMILES string of the molecule is CC1(C)C2=CC([N+](=O)[O-])=CN(CCCCCC(=O)ON3C(=O)CCC3=O)C2=N/C1=C\C=C\C1=Nc2c(cc([N+](=O)[O-])c[n+]2CCCS(=O)(=O)O)C1(C)C. The molecule has 0 saturated carbocycles. The van der Waals surface area contributed by atoms with Crippen LogP contribution in [0.1, 0.15) is 78.2 Å². The number of imide groups is 1. The number of amidine groups is 1. The zero-order chi connectivity index (χ0) is 38.9. The van der Waals surface area contributed by atoms with Gasteiger partial charge in [0.05, 0.1) is 45.0 Å². The lowest BCUT2D eigenvalue weighted by atomic mass is 9.80. The molecule has 2 amide bonds. The van der Waals surface area contributed by atoms with Crippen LogP contribution in [0.25, 0.3) is 0 Å². The molecule has 19 heteroatoms. The van der Waals surface area contributed by atoms with Crippen molar-refractivity contribution < 1.29 is 46.6 Å². The predicted molar refractivity (Wildman–Crippen MR) is 188 cm³/mol. The molecular weight excluding hydrogens is 714 g/mol. The summed E-state index contributed by atoms with van der Waals surface area (Å²) >= 11 is 0. The summed E-state index contributed by atoms with van der Waals surface area (Å²) in [4.78, 5) is 74.4. The van der Waals surface area contributed by atoms with Crippen molar-refractivity contribution in [1.82, 2.24) is 9.96 Å². The third-order valence-electron chi connectivity index (χ3n) is 9.48. The van der Waals surface area contributed by atoms with Gasteiger partial charge in [0.2, 0.25) is 0 Å². The van der Waals surface area contributed by atoms with Gasteiger partial charge in [-0.2, -0.15) is 8.42 Å². The Morgan fingerprint density at radius 2 is 1.74 bits per heavy atom.